The Bertz CT molecular complexity index is 1000. The molecule has 24 heavy (non-hydrogen) atoms. The monoisotopic (exact) mass is 320 g/mol. The Labute approximate surface area is 138 Å². The standard InChI is InChI=1S/C18H16N4O2/c1-10-4-5-12-14(9-20-15(12)6-10)17(23)13(8-19)18(24)16-7-11(2)21-22(16)3/h4-7,9,13,20H,1-3H3/t13-/m0/s1. The summed E-state index contributed by atoms with van der Waals surface area (Å²) in [6.07, 6.45) is 1.55. The lowest BCUT2D eigenvalue weighted by molar-refractivity contribution is 0.0841. The summed E-state index contributed by atoms with van der Waals surface area (Å²) < 4.78 is 1.40. The van der Waals surface area contributed by atoms with Crippen LogP contribution in [0, 0.1) is 31.1 Å². The van der Waals surface area contributed by atoms with Crippen LogP contribution < -0.4 is 0 Å². The first-order valence-electron chi connectivity index (χ1n) is 7.49. The Kier molecular flexibility index (Phi) is 3.78. The molecule has 6 heteroatoms. The van der Waals surface area contributed by atoms with Crippen molar-refractivity contribution >= 4 is 22.5 Å². The number of rotatable bonds is 4. The average Bonchev–Trinajstić information content (AvgIpc) is 3.10. The second-order valence-electron chi connectivity index (χ2n) is 5.84. The highest BCUT2D eigenvalue weighted by Gasteiger charge is 2.31. The molecule has 0 aliphatic heterocycles. The molecule has 0 unspecified atom stereocenters. The van der Waals surface area contributed by atoms with E-state index in [-0.39, 0.29) is 5.69 Å². The number of benzene rings is 1. The van der Waals surface area contributed by atoms with Gasteiger partial charge in [0, 0.05) is 29.7 Å². The lowest BCUT2D eigenvalue weighted by Gasteiger charge is -2.07. The molecule has 0 aliphatic rings. The Morgan fingerprint density at radius 2 is 2.00 bits per heavy atom. The number of hydrogen-bond acceptors (Lipinski definition) is 4. The first kappa shape index (κ1) is 15.7. The van der Waals surface area contributed by atoms with Gasteiger partial charge in [-0.25, -0.2) is 0 Å². The van der Waals surface area contributed by atoms with E-state index in [2.05, 4.69) is 10.1 Å². The number of Topliss-reactive ketones (excluding diaryl/α,β-unsaturated/α-hetero) is 2. The molecule has 3 aromatic rings. The molecule has 0 bridgehead atoms. The van der Waals surface area contributed by atoms with E-state index < -0.39 is 17.5 Å². The summed E-state index contributed by atoms with van der Waals surface area (Å²) >= 11 is 0. The van der Waals surface area contributed by atoms with E-state index >= 15 is 0 Å². The molecule has 2 aromatic heterocycles. The van der Waals surface area contributed by atoms with E-state index in [1.54, 1.807) is 26.2 Å². The summed E-state index contributed by atoms with van der Waals surface area (Å²) in [6.45, 7) is 3.70. The number of hydrogen-bond donors (Lipinski definition) is 1. The van der Waals surface area contributed by atoms with Gasteiger partial charge < -0.3 is 4.98 Å². The number of carbonyl (C=O) groups is 2. The van der Waals surface area contributed by atoms with Gasteiger partial charge in [-0.1, -0.05) is 12.1 Å². The molecule has 1 N–H and O–H groups in total. The largest absolute Gasteiger partial charge is 0.360 e. The van der Waals surface area contributed by atoms with Crippen molar-refractivity contribution in [1.29, 1.82) is 5.26 Å². The third-order valence-corrected chi connectivity index (χ3v) is 4.01. The number of H-pyrrole nitrogens is 1. The maximum absolute atomic E-state index is 12.8. The molecule has 0 spiro atoms. The molecule has 0 aliphatic carbocycles. The van der Waals surface area contributed by atoms with Gasteiger partial charge in [0.1, 0.15) is 5.69 Å². The number of carbonyl (C=O) groups excluding carboxylic acids is 2. The van der Waals surface area contributed by atoms with Crippen LogP contribution >= 0.6 is 0 Å². The van der Waals surface area contributed by atoms with Crippen LogP contribution in [-0.4, -0.2) is 26.3 Å². The highest BCUT2D eigenvalue weighted by Crippen LogP contribution is 2.23. The molecule has 0 saturated heterocycles. The van der Waals surface area contributed by atoms with Gasteiger partial charge in [0.15, 0.2) is 11.7 Å². The number of nitrogens with zero attached hydrogens (tertiary/aromatic N) is 3. The molecule has 120 valence electrons. The van der Waals surface area contributed by atoms with Gasteiger partial charge in [0.25, 0.3) is 0 Å². The zero-order chi connectivity index (χ0) is 17.4. The molecule has 0 saturated carbocycles. The molecule has 3 rings (SSSR count). The van der Waals surface area contributed by atoms with Crippen LogP contribution in [0.25, 0.3) is 10.9 Å². The fraction of sp³-hybridized carbons (Fsp3) is 0.222. The van der Waals surface area contributed by atoms with E-state index in [1.807, 2.05) is 31.2 Å². The Balaban J connectivity index is 2.01. The van der Waals surface area contributed by atoms with Crippen molar-refractivity contribution in [2.75, 3.05) is 0 Å². The van der Waals surface area contributed by atoms with Gasteiger partial charge >= 0.3 is 0 Å². The molecular formula is C18H16N4O2. The maximum Gasteiger partial charge on any atom is 0.205 e. The fourth-order valence-corrected chi connectivity index (χ4v) is 2.82. The second-order valence-corrected chi connectivity index (χ2v) is 5.84. The van der Waals surface area contributed by atoms with Crippen LogP contribution in [0.3, 0.4) is 0 Å². The lowest BCUT2D eigenvalue weighted by Crippen LogP contribution is -2.24. The van der Waals surface area contributed by atoms with E-state index in [0.717, 1.165) is 11.1 Å². The third-order valence-electron chi connectivity index (χ3n) is 4.01. The van der Waals surface area contributed by atoms with Crippen LogP contribution in [0.5, 0.6) is 0 Å². The number of aromatic amines is 1. The summed E-state index contributed by atoms with van der Waals surface area (Å²) in [6, 6.07) is 9.06. The molecule has 1 atom stereocenters. The Morgan fingerprint density at radius 1 is 1.25 bits per heavy atom. The van der Waals surface area contributed by atoms with Crippen LogP contribution in [0.2, 0.25) is 0 Å². The van der Waals surface area contributed by atoms with Crippen molar-refractivity contribution in [3.8, 4) is 6.07 Å². The Morgan fingerprint density at radius 3 is 2.62 bits per heavy atom. The smallest absolute Gasteiger partial charge is 0.205 e. The lowest BCUT2D eigenvalue weighted by atomic mass is 9.93. The Hall–Kier alpha value is -3.20. The molecular weight excluding hydrogens is 304 g/mol. The van der Waals surface area contributed by atoms with E-state index in [4.69, 9.17) is 0 Å². The van der Waals surface area contributed by atoms with Crippen molar-refractivity contribution in [1.82, 2.24) is 14.8 Å². The SMILES string of the molecule is Cc1ccc2c(C(=O)[C@H](C#N)C(=O)c3cc(C)nn3C)c[nH]c2c1. The third kappa shape index (κ3) is 2.50. The number of fused-ring (bicyclic) bond motifs is 1. The van der Waals surface area contributed by atoms with Gasteiger partial charge in [-0.3, -0.25) is 14.3 Å². The number of nitriles is 1. The topological polar surface area (TPSA) is 91.5 Å². The zero-order valence-electron chi connectivity index (χ0n) is 13.6. The van der Waals surface area contributed by atoms with E-state index in [1.165, 1.54) is 4.68 Å². The van der Waals surface area contributed by atoms with Gasteiger partial charge in [-0.15, -0.1) is 0 Å². The van der Waals surface area contributed by atoms with Crippen LogP contribution in [0.4, 0.5) is 0 Å². The summed E-state index contributed by atoms with van der Waals surface area (Å²) in [5.41, 5.74) is 3.12. The summed E-state index contributed by atoms with van der Waals surface area (Å²) in [5.74, 6) is -2.43. The van der Waals surface area contributed by atoms with Crippen molar-refractivity contribution in [2.45, 2.75) is 13.8 Å². The zero-order valence-corrected chi connectivity index (χ0v) is 13.6. The summed E-state index contributed by atoms with van der Waals surface area (Å²) in [7, 11) is 1.62. The molecule has 0 amide bonds. The van der Waals surface area contributed by atoms with Gasteiger partial charge in [-0.05, 0) is 31.5 Å². The van der Waals surface area contributed by atoms with Crippen molar-refractivity contribution in [2.24, 2.45) is 13.0 Å². The van der Waals surface area contributed by atoms with Gasteiger partial charge in [-0.2, -0.15) is 10.4 Å². The summed E-state index contributed by atoms with van der Waals surface area (Å²) in [4.78, 5) is 28.4. The predicted molar refractivity (Wildman–Crippen MR) is 88.7 cm³/mol. The van der Waals surface area contributed by atoms with Crippen LogP contribution in [-0.2, 0) is 7.05 Å². The highest BCUT2D eigenvalue weighted by atomic mass is 16.2. The number of aromatic nitrogens is 3. The van der Waals surface area contributed by atoms with Crippen LogP contribution in [0.15, 0.2) is 30.5 Å². The van der Waals surface area contributed by atoms with Crippen molar-refractivity contribution in [3.05, 3.63) is 53.0 Å². The van der Waals surface area contributed by atoms with Gasteiger partial charge in [0.05, 0.1) is 11.8 Å². The molecule has 0 fully saturated rings. The minimum absolute atomic E-state index is 0.253. The number of ketones is 2. The molecule has 0 radical (unpaired) electrons. The number of nitrogens with one attached hydrogen (secondary N) is 1. The van der Waals surface area contributed by atoms with E-state index in [0.29, 0.717) is 16.6 Å². The van der Waals surface area contributed by atoms with Gasteiger partial charge in [0.2, 0.25) is 5.78 Å². The molecule has 2 heterocycles. The quantitative estimate of drug-likeness (QED) is 0.591. The van der Waals surface area contributed by atoms with E-state index in [9.17, 15) is 14.9 Å². The highest BCUT2D eigenvalue weighted by molar-refractivity contribution is 6.21. The molecule has 1 aromatic carbocycles. The maximum atomic E-state index is 12.8. The first-order valence-corrected chi connectivity index (χ1v) is 7.49. The second kappa shape index (κ2) is 5.78. The fourth-order valence-electron chi connectivity index (χ4n) is 2.82. The van der Waals surface area contributed by atoms with Crippen molar-refractivity contribution in [3.63, 3.8) is 0 Å². The normalized spacial score (nSPS) is 12.1. The first-order chi connectivity index (χ1) is 11.4. The predicted octanol–water partition coefficient (Wildman–Crippen LogP) is 2.72. The summed E-state index contributed by atoms with van der Waals surface area (Å²) in [5, 5.41) is 14.2. The average molecular weight is 320 g/mol. The van der Waals surface area contributed by atoms with Crippen LogP contribution in [0.1, 0.15) is 32.1 Å². The molecule has 6 nitrogen and oxygen atoms in total. The minimum Gasteiger partial charge on any atom is -0.360 e. The number of aryl methyl sites for hydroxylation is 3. The minimum atomic E-state index is -1.39. The van der Waals surface area contributed by atoms with Crippen molar-refractivity contribution < 1.29 is 9.59 Å².